The molecule has 1 fully saturated rings. The molecule has 2 N–H and O–H groups in total. The number of pyridine rings is 1. The molecule has 0 spiro atoms. The maximum atomic E-state index is 12.0. The van der Waals surface area contributed by atoms with Gasteiger partial charge in [-0.3, -0.25) is 0 Å². The molecule has 1 aromatic carbocycles. The van der Waals surface area contributed by atoms with Crippen LogP contribution in [-0.2, 0) is 6.54 Å². The number of hydrogen-bond acceptors (Lipinski definition) is 3. The SMILES string of the molecule is Cc1ccc(OC2CCC(NC(=O)NCc3ccccc3)CC2)nc1. The van der Waals surface area contributed by atoms with Gasteiger partial charge in [0.25, 0.3) is 0 Å². The molecule has 3 rings (SSSR count). The second kappa shape index (κ2) is 8.51. The smallest absolute Gasteiger partial charge is 0.315 e. The van der Waals surface area contributed by atoms with Crippen LogP contribution in [0.2, 0.25) is 0 Å². The summed E-state index contributed by atoms with van der Waals surface area (Å²) in [7, 11) is 0. The summed E-state index contributed by atoms with van der Waals surface area (Å²) in [5.74, 6) is 0.683. The molecule has 5 heteroatoms. The van der Waals surface area contributed by atoms with Gasteiger partial charge in [0.1, 0.15) is 6.10 Å². The van der Waals surface area contributed by atoms with E-state index in [2.05, 4.69) is 15.6 Å². The lowest BCUT2D eigenvalue weighted by atomic mass is 9.93. The van der Waals surface area contributed by atoms with Crippen molar-refractivity contribution in [2.45, 2.75) is 51.3 Å². The first-order valence-electron chi connectivity index (χ1n) is 8.86. The van der Waals surface area contributed by atoms with Crippen molar-refractivity contribution in [3.05, 3.63) is 59.8 Å². The lowest BCUT2D eigenvalue weighted by Crippen LogP contribution is -2.44. The van der Waals surface area contributed by atoms with Crippen molar-refractivity contribution in [3.63, 3.8) is 0 Å². The van der Waals surface area contributed by atoms with Gasteiger partial charge in [0.15, 0.2) is 0 Å². The summed E-state index contributed by atoms with van der Waals surface area (Å²) in [5, 5.41) is 5.97. The fourth-order valence-electron chi connectivity index (χ4n) is 3.03. The Morgan fingerprint density at radius 3 is 2.56 bits per heavy atom. The van der Waals surface area contributed by atoms with E-state index < -0.39 is 0 Å². The Labute approximate surface area is 148 Å². The summed E-state index contributed by atoms with van der Waals surface area (Å²) in [5.41, 5.74) is 2.22. The third-order valence-corrected chi connectivity index (χ3v) is 4.48. The van der Waals surface area contributed by atoms with E-state index in [0.717, 1.165) is 36.8 Å². The molecule has 5 nitrogen and oxygen atoms in total. The minimum absolute atomic E-state index is 0.103. The molecule has 2 aromatic rings. The predicted molar refractivity (Wildman–Crippen MR) is 97.5 cm³/mol. The second-order valence-electron chi connectivity index (χ2n) is 6.58. The minimum atomic E-state index is -0.103. The first-order chi connectivity index (χ1) is 12.2. The van der Waals surface area contributed by atoms with Crippen LogP contribution in [0.3, 0.4) is 0 Å². The Hall–Kier alpha value is -2.56. The average Bonchev–Trinajstić information content (AvgIpc) is 2.64. The van der Waals surface area contributed by atoms with Crippen LogP contribution in [0.1, 0.15) is 36.8 Å². The number of aryl methyl sites for hydroxylation is 1. The first kappa shape index (κ1) is 17.3. The third-order valence-electron chi connectivity index (χ3n) is 4.48. The Balaban J connectivity index is 1.37. The van der Waals surface area contributed by atoms with Crippen LogP contribution < -0.4 is 15.4 Å². The zero-order chi connectivity index (χ0) is 17.5. The molecule has 25 heavy (non-hydrogen) atoms. The van der Waals surface area contributed by atoms with Gasteiger partial charge in [-0.05, 0) is 43.7 Å². The molecular formula is C20H25N3O2. The van der Waals surface area contributed by atoms with Gasteiger partial charge in [0.05, 0.1) is 0 Å². The minimum Gasteiger partial charge on any atom is -0.474 e. The molecular weight excluding hydrogens is 314 g/mol. The summed E-state index contributed by atoms with van der Waals surface area (Å²) in [6.07, 6.45) is 5.71. The molecule has 1 aliphatic rings. The van der Waals surface area contributed by atoms with E-state index >= 15 is 0 Å². The van der Waals surface area contributed by atoms with E-state index in [1.54, 1.807) is 0 Å². The number of ether oxygens (including phenoxy) is 1. The van der Waals surface area contributed by atoms with E-state index in [1.165, 1.54) is 0 Å². The normalized spacial score (nSPS) is 19.9. The maximum absolute atomic E-state index is 12.0. The van der Waals surface area contributed by atoms with Gasteiger partial charge < -0.3 is 15.4 Å². The van der Waals surface area contributed by atoms with Gasteiger partial charge in [-0.1, -0.05) is 36.4 Å². The summed E-state index contributed by atoms with van der Waals surface area (Å²) in [6, 6.07) is 13.9. The van der Waals surface area contributed by atoms with Crippen molar-refractivity contribution in [2.75, 3.05) is 0 Å². The molecule has 1 saturated carbocycles. The van der Waals surface area contributed by atoms with E-state index in [9.17, 15) is 4.79 Å². The van der Waals surface area contributed by atoms with Gasteiger partial charge in [-0.15, -0.1) is 0 Å². The van der Waals surface area contributed by atoms with E-state index in [4.69, 9.17) is 4.74 Å². The van der Waals surface area contributed by atoms with Gasteiger partial charge in [-0.25, -0.2) is 9.78 Å². The Morgan fingerprint density at radius 1 is 1.12 bits per heavy atom. The molecule has 132 valence electrons. The van der Waals surface area contributed by atoms with Crippen molar-refractivity contribution in [2.24, 2.45) is 0 Å². The average molecular weight is 339 g/mol. The van der Waals surface area contributed by atoms with Crippen LogP contribution >= 0.6 is 0 Å². The van der Waals surface area contributed by atoms with Crippen molar-refractivity contribution < 1.29 is 9.53 Å². The van der Waals surface area contributed by atoms with Gasteiger partial charge >= 0.3 is 6.03 Å². The molecule has 1 heterocycles. The molecule has 0 radical (unpaired) electrons. The quantitative estimate of drug-likeness (QED) is 0.875. The highest BCUT2D eigenvalue weighted by Gasteiger charge is 2.23. The number of nitrogens with one attached hydrogen (secondary N) is 2. The molecule has 1 aliphatic carbocycles. The highest BCUT2D eigenvalue weighted by molar-refractivity contribution is 5.74. The van der Waals surface area contributed by atoms with Gasteiger partial charge in [0.2, 0.25) is 5.88 Å². The van der Waals surface area contributed by atoms with Crippen LogP contribution in [0.15, 0.2) is 48.7 Å². The van der Waals surface area contributed by atoms with Gasteiger partial charge in [-0.2, -0.15) is 0 Å². The molecule has 2 amide bonds. The predicted octanol–water partition coefficient (Wildman–Crippen LogP) is 3.58. The summed E-state index contributed by atoms with van der Waals surface area (Å²) >= 11 is 0. The summed E-state index contributed by atoms with van der Waals surface area (Å²) < 4.78 is 5.93. The van der Waals surface area contributed by atoms with Gasteiger partial charge in [0, 0.05) is 24.8 Å². The largest absolute Gasteiger partial charge is 0.474 e. The van der Waals surface area contributed by atoms with Crippen LogP contribution in [0.25, 0.3) is 0 Å². The number of carbonyl (C=O) groups is 1. The van der Waals surface area contributed by atoms with E-state index in [-0.39, 0.29) is 18.2 Å². The number of benzene rings is 1. The molecule has 0 aliphatic heterocycles. The highest BCUT2D eigenvalue weighted by Crippen LogP contribution is 2.23. The zero-order valence-electron chi connectivity index (χ0n) is 14.6. The number of amides is 2. The summed E-state index contributed by atoms with van der Waals surface area (Å²) in [6.45, 7) is 2.56. The van der Waals surface area contributed by atoms with Crippen LogP contribution in [-0.4, -0.2) is 23.2 Å². The summed E-state index contributed by atoms with van der Waals surface area (Å²) in [4.78, 5) is 16.3. The number of aromatic nitrogens is 1. The monoisotopic (exact) mass is 339 g/mol. The number of urea groups is 1. The number of rotatable bonds is 5. The number of carbonyl (C=O) groups excluding carboxylic acids is 1. The zero-order valence-corrected chi connectivity index (χ0v) is 14.6. The second-order valence-corrected chi connectivity index (χ2v) is 6.58. The highest BCUT2D eigenvalue weighted by atomic mass is 16.5. The molecule has 0 saturated heterocycles. The fraction of sp³-hybridized carbons (Fsp3) is 0.400. The Kier molecular flexibility index (Phi) is 5.88. The van der Waals surface area contributed by atoms with Crippen LogP contribution in [0.5, 0.6) is 5.88 Å². The number of nitrogens with zero attached hydrogens (tertiary/aromatic N) is 1. The molecule has 0 bridgehead atoms. The van der Waals surface area contributed by atoms with Crippen molar-refractivity contribution in [1.82, 2.24) is 15.6 Å². The van der Waals surface area contributed by atoms with E-state index in [0.29, 0.717) is 12.4 Å². The van der Waals surface area contributed by atoms with E-state index in [1.807, 2.05) is 55.6 Å². The van der Waals surface area contributed by atoms with Crippen LogP contribution in [0, 0.1) is 6.92 Å². The first-order valence-corrected chi connectivity index (χ1v) is 8.86. The standard InChI is InChI=1S/C20H25N3O2/c1-15-7-12-19(21-13-15)25-18-10-8-17(9-11-18)23-20(24)22-14-16-5-3-2-4-6-16/h2-7,12-13,17-18H,8-11,14H2,1H3,(H2,22,23,24). The Morgan fingerprint density at radius 2 is 1.88 bits per heavy atom. The fourth-order valence-corrected chi connectivity index (χ4v) is 3.03. The molecule has 0 unspecified atom stereocenters. The van der Waals surface area contributed by atoms with Crippen LogP contribution in [0.4, 0.5) is 4.79 Å². The third kappa shape index (κ3) is 5.48. The lowest BCUT2D eigenvalue weighted by Gasteiger charge is -2.29. The Bertz CT molecular complexity index is 665. The number of hydrogen-bond donors (Lipinski definition) is 2. The maximum Gasteiger partial charge on any atom is 0.315 e. The van der Waals surface area contributed by atoms with Crippen molar-refractivity contribution in [3.8, 4) is 5.88 Å². The lowest BCUT2D eigenvalue weighted by molar-refractivity contribution is 0.135. The molecule has 1 aromatic heterocycles. The van der Waals surface area contributed by atoms with Crippen molar-refractivity contribution >= 4 is 6.03 Å². The topological polar surface area (TPSA) is 63.2 Å². The van der Waals surface area contributed by atoms with Crippen molar-refractivity contribution in [1.29, 1.82) is 0 Å². The molecule has 0 atom stereocenters.